The van der Waals surface area contributed by atoms with Crippen molar-refractivity contribution in [2.45, 2.75) is 39.7 Å². The first kappa shape index (κ1) is 21.2. The number of rotatable bonds is 6. The number of hydrogen-bond acceptors (Lipinski definition) is 4. The standard InChI is InChI=1S/C24H25FN4OS/c1-14-19(15(2)26-24-22(14)16(3)28-29(24)4)11-12-21(30)27-23(20-6-5-13-31-20)17-7-9-18(25)10-8-17/h5-10,13,23H,11-12H2,1-4H3,(H,27,30). The van der Waals surface area contributed by atoms with E-state index in [1.807, 2.05) is 38.4 Å². The van der Waals surface area contributed by atoms with Crippen LogP contribution in [-0.4, -0.2) is 20.7 Å². The average Bonchev–Trinajstić information content (AvgIpc) is 3.35. The number of hydrogen-bond donors (Lipinski definition) is 1. The van der Waals surface area contributed by atoms with Gasteiger partial charge < -0.3 is 5.32 Å². The maximum Gasteiger partial charge on any atom is 0.221 e. The Bertz CT molecular complexity index is 1230. The molecular weight excluding hydrogens is 411 g/mol. The summed E-state index contributed by atoms with van der Waals surface area (Å²) in [6, 6.07) is 9.92. The molecule has 1 amide bonds. The predicted molar refractivity (Wildman–Crippen MR) is 122 cm³/mol. The van der Waals surface area contributed by atoms with Crippen molar-refractivity contribution in [3.8, 4) is 0 Å². The monoisotopic (exact) mass is 436 g/mol. The third-order valence-corrected chi connectivity index (χ3v) is 6.61. The van der Waals surface area contributed by atoms with Gasteiger partial charge in [-0.25, -0.2) is 9.37 Å². The molecule has 5 nitrogen and oxygen atoms in total. The molecule has 0 radical (unpaired) electrons. The molecule has 1 unspecified atom stereocenters. The van der Waals surface area contributed by atoms with Gasteiger partial charge >= 0.3 is 0 Å². The minimum Gasteiger partial charge on any atom is -0.344 e. The van der Waals surface area contributed by atoms with Crippen molar-refractivity contribution in [2.24, 2.45) is 7.05 Å². The van der Waals surface area contributed by atoms with Gasteiger partial charge in [0, 0.05) is 29.4 Å². The van der Waals surface area contributed by atoms with Crippen LogP contribution in [0.1, 0.15) is 45.4 Å². The van der Waals surface area contributed by atoms with Gasteiger partial charge in [0.15, 0.2) is 5.65 Å². The van der Waals surface area contributed by atoms with Gasteiger partial charge in [-0.2, -0.15) is 5.10 Å². The molecule has 4 aromatic rings. The number of amides is 1. The summed E-state index contributed by atoms with van der Waals surface area (Å²) in [5, 5.41) is 10.7. The van der Waals surface area contributed by atoms with Gasteiger partial charge in [-0.15, -0.1) is 11.3 Å². The summed E-state index contributed by atoms with van der Waals surface area (Å²) >= 11 is 1.57. The molecular formula is C24H25FN4OS. The van der Waals surface area contributed by atoms with E-state index in [4.69, 9.17) is 4.98 Å². The number of aromatic nitrogens is 3. The lowest BCUT2D eigenvalue weighted by molar-refractivity contribution is -0.121. The second-order valence-electron chi connectivity index (χ2n) is 7.78. The molecule has 4 rings (SSSR count). The Morgan fingerprint density at radius 2 is 1.90 bits per heavy atom. The van der Waals surface area contributed by atoms with E-state index in [0.717, 1.165) is 44.0 Å². The van der Waals surface area contributed by atoms with Crippen molar-refractivity contribution >= 4 is 28.3 Å². The fourth-order valence-corrected chi connectivity index (χ4v) is 4.93. The van der Waals surface area contributed by atoms with Crippen LogP contribution in [0.4, 0.5) is 4.39 Å². The van der Waals surface area contributed by atoms with Crippen LogP contribution in [0.3, 0.4) is 0 Å². The predicted octanol–water partition coefficient (Wildman–Crippen LogP) is 4.93. The Balaban J connectivity index is 1.54. The van der Waals surface area contributed by atoms with E-state index >= 15 is 0 Å². The summed E-state index contributed by atoms with van der Waals surface area (Å²) in [6.45, 7) is 6.04. The summed E-state index contributed by atoms with van der Waals surface area (Å²) in [5.74, 6) is -0.343. The SMILES string of the molecule is Cc1nc2c(c(C)nn2C)c(C)c1CCC(=O)NC(c1ccc(F)cc1)c1cccs1. The first-order valence-corrected chi connectivity index (χ1v) is 11.1. The third-order valence-electron chi connectivity index (χ3n) is 5.67. The van der Waals surface area contributed by atoms with Crippen LogP contribution in [0.5, 0.6) is 0 Å². The highest BCUT2D eigenvalue weighted by molar-refractivity contribution is 7.10. The molecule has 0 aliphatic rings. The molecule has 1 atom stereocenters. The second kappa shape index (κ2) is 8.59. The summed E-state index contributed by atoms with van der Waals surface area (Å²) in [7, 11) is 1.90. The molecule has 0 aliphatic carbocycles. The van der Waals surface area contributed by atoms with Gasteiger partial charge in [-0.3, -0.25) is 9.48 Å². The summed E-state index contributed by atoms with van der Waals surface area (Å²) in [4.78, 5) is 18.6. The topological polar surface area (TPSA) is 59.8 Å². The van der Waals surface area contributed by atoms with Crippen molar-refractivity contribution in [1.29, 1.82) is 0 Å². The second-order valence-corrected chi connectivity index (χ2v) is 8.76. The molecule has 0 saturated heterocycles. The van der Waals surface area contributed by atoms with E-state index in [0.29, 0.717) is 12.8 Å². The molecule has 0 fully saturated rings. The Morgan fingerprint density at radius 1 is 1.16 bits per heavy atom. The largest absolute Gasteiger partial charge is 0.344 e. The minimum atomic E-state index is -0.295. The van der Waals surface area contributed by atoms with Crippen molar-refractivity contribution in [3.63, 3.8) is 0 Å². The van der Waals surface area contributed by atoms with Gasteiger partial charge in [-0.1, -0.05) is 18.2 Å². The van der Waals surface area contributed by atoms with E-state index in [1.165, 1.54) is 12.1 Å². The van der Waals surface area contributed by atoms with Gasteiger partial charge in [0.05, 0.1) is 11.7 Å². The Morgan fingerprint density at radius 3 is 2.58 bits per heavy atom. The van der Waals surface area contributed by atoms with E-state index in [1.54, 1.807) is 28.2 Å². The normalized spacial score (nSPS) is 12.3. The van der Waals surface area contributed by atoms with Crippen LogP contribution in [0.15, 0.2) is 41.8 Å². The molecule has 3 aromatic heterocycles. The lowest BCUT2D eigenvalue weighted by Crippen LogP contribution is -2.29. The fraction of sp³-hybridized carbons (Fsp3) is 0.292. The number of benzene rings is 1. The fourth-order valence-electron chi connectivity index (χ4n) is 4.13. The molecule has 1 N–H and O–H groups in total. The van der Waals surface area contributed by atoms with E-state index in [2.05, 4.69) is 17.3 Å². The van der Waals surface area contributed by atoms with Gasteiger partial charge in [0.1, 0.15) is 5.82 Å². The van der Waals surface area contributed by atoms with E-state index in [9.17, 15) is 9.18 Å². The number of carbonyl (C=O) groups is 1. The van der Waals surface area contributed by atoms with Crippen LogP contribution in [0, 0.1) is 26.6 Å². The number of halogens is 1. The van der Waals surface area contributed by atoms with Crippen LogP contribution in [-0.2, 0) is 18.3 Å². The van der Waals surface area contributed by atoms with Crippen LogP contribution >= 0.6 is 11.3 Å². The highest BCUT2D eigenvalue weighted by Crippen LogP contribution is 2.28. The van der Waals surface area contributed by atoms with Crippen molar-refractivity contribution in [1.82, 2.24) is 20.1 Å². The quantitative estimate of drug-likeness (QED) is 0.466. The smallest absolute Gasteiger partial charge is 0.221 e. The number of carbonyl (C=O) groups excluding carboxylic acids is 1. The maximum absolute atomic E-state index is 13.4. The van der Waals surface area contributed by atoms with Crippen molar-refractivity contribution < 1.29 is 9.18 Å². The number of thiophene rings is 1. The summed E-state index contributed by atoms with van der Waals surface area (Å²) in [6.07, 6.45) is 0.943. The zero-order valence-corrected chi connectivity index (χ0v) is 18.9. The first-order chi connectivity index (χ1) is 14.8. The van der Waals surface area contributed by atoms with Gasteiger partial charge in [-0.05, 0) is 67.5 Å². The molecule has 0 spiro atoms. The third kappa shape index (κ3) is 4.23. The Kier molecular flexibility index (Phi) is 5.87. The number of nitrogens with one attached hydrogen (secondary N) is 1. The van der Waals surface area contributed by atoms with Crippen LogP contribution in [0.2, 0.25) is 0 Å². The minimum absolute atomic E-state index is 0.0514. The first-order valence-electron chi connectivity index (χ1n) is 10.2. The Hall–Kier alpha value is -3.06. The molecule has 1 aromatic carbocycles. The maximum atomic E-state index is 13.4. The molecule has 0 bridgehead atoms. The zero-order chi connectivity index (χ0) is 22.1. The molecule has 3 heterocycles. The highest BCUT2D eigenvalue weighted by atomic mass is 32.1. The van der Waals surface area contributed by atoms with Crippen LogP contribution < -0.4 is 5.32 Å². The van der Waals surface area contributed by atoms with Gasteiger partial charge in [0.2, 0.25) is 5.91 Å². The lowest BCUT2D eigenvalue weighted by Gasteiger charge is -2.19. The van der Waals surface area contributed by atoms with Crippen molar-refractivity contribution in [2.75, 3.05) is 0 Å². The zero-order valence-electron chi connectivity index (χ0n) is 18.1. The van der Waals surface area contributed by atoms with Gasteiger partial charge in [0.25, 0.3) is 0 Å². The van der Waals surface area contributed by atoms with Crippen molar-refractivity contribution in [3.05, 3.63) is 80.6 Å². The van der Waals surface area contributed by atoms with E-state index < -0.39 is 0 Å². The number of aryl methyl sites for hydroxylation is 4. The molecule has 31 heavy (non-hydrogen) atoms. The number of nitrogens with zero attached hydrogens (tertiary/aromatic N) is 3. The average molecular weight is 437 g/mol. The summed E-state index contributed by atoms with van der Waals surface area (Å²) in [5.41, 5.74) is 5.83. The number of fused-ring (bicyclic) bond motifs is 1. The highest BCUT2D eigenvalue weighted by Gasteiger charge is 2.20. The summed E-state index contributed by atoms with van der Waals surface area (Å²) < 4.78 is 15.2. The van der Waals surface area contributed by atoms with Crippen LogP contribution in [0.25, 0.3) is 11.0 Å². The Labute approximate surface area is 184 Å². The van der Waals surface area contributed by atoms with E-state index in [-0.39, 0.29) is 17.8 Å². The molecule has 7 heteroatoms. The molecule has 0 saturated carbocycles. The molecule has 160 valence electrons. The molecule has 0 aliphatic heterocycles. The number of pyridine rings is 1. The lowest BCUT2D eigenvalue weighted by atomic mass is 9.98.